The van der Waals surface area contributed by atoms with Gasteiger partial charge in [-0.05, 0) is 54.0 Å². The van der Waals surface area contributed by atoms with Crippen LogP contribution in [0.1, 0.15) is 24.8 Å². The van der Waals surface area contributed by atoms with Gasteiger partial charge in [0.05, 0.1) is 6.34 Å². The van der Waals surface area contributed by atoms with Crippen LogP contribution in [0.25, 0.3) is 0 Å². The Balaban J connectivity index is 2.13. The van der Waals surface area contributed by atoms with Crippen LogP contribution in [0, 0.1) is 14.4 Å². The fourth-order valence-electron chi connectivity index (χ4n) is 1.99. The van der Waals surface area contributed by atoms with Crippen LogP contribution in [0.4, 0.5) is 0 Å². The molecule has 4 nitrogen and oxygen atoms in total. The van der Waals surface area contributed by atoms with E-state index in [-0.39, 0.29) is 6.23 Å². The van der Waals surface area contributed by atoms with Gasteiger partial charge in [0.15, 0.2) is 0 Å². The Morgan fingerprint density at radius 2 is 2.06 bits per heavy atom. The molecule has 0 bridgehead atoms. The summed E-state index contributed by atoms with van der Waals surface area (Å²) < 4.78 is 6.77. The van der Waals surface area contributed by atoms with Crippen LogP contribution in [-0.2, 0) is 4.74 Å². The van der Waals surface area contributed by atoms with Gasteiger partial charge in [-0.25, -0.2) is 0 Å². The number of hydrogen-bond donors (Lipinski definition) is 2. The summed E-state index contributed by atoms with van der Waals surface area (Å²) >= 11 is 2.24. The van der Waals surface area contributed by atoms with Gasteiger partial charge in [-0.3, -0.25) is 15.7 Å². The van der Waals surface area contributed by atoms with Gasteiger partial charge in [-0.1, -0.05) is 12.1 Å². The molecule has 1 unspecified atom stereocenters. The molecule has 1 aliphatic heterocycles. The molecule has 1 saturated heterocycles. The van der Waals surface area contributed by atoms with Crippen molar-refractivity contribution in [3.63, 3.8) is 0 Å². The number of halogens is 1. The van der Waals surface area contributed by atoms with Crippen molar-refractivity contribution < 1.29 is 4.74 Å². The van der Waals surface area contributed by atoms with Gasteiger partial charge in [-0.15, -0.1) is 0 Å². The molecule has 1 aromatic rings. The average molecular weight is 357 g/mol. The second kappa shape index (κ2) is 6.29. The number of rotatable bonds is 3. The minimum absolute atomic E-state index is 0.164. The molecule has 1 fully saturated rings. The molecule has 0 spiro atoms. The molecule has 0 saturated carbocycles. The molecule has 0 aromatic heterocycles. The van der Waals surface area contributed by atoms with Gasteiger partial charge < -0.3 is 4.74 Å². The maximum Gasteiger partial charge on any atom is 0.136 e. The smallest absolute Gasteiger partial charge is 0.136 e. The Kier molecular flexibility index (Phi) is 4.71. The lowest BCUT2D eigenvalue weighted by Gasteiger charge is -2.32. The molecular weight excluding hydrogens is 341 g/mol. The summed E-state index contributed by atoms with van der Waals surface area (Å²) in [5.41, 5.74) is 0.813. The summed E-state index contributed by atoms with van der Waals surface area (Å²) in [5, 5.41) is 15.7. The fraction of sp³-hybridized carbons (Fsp3) is 0.385. The third-order valence-corrected chi connectivity index (χ3v) is 3.70. The van der Waals surface area contributed by atoms with E-state index in [0.29, 0.717) is 5.84 Å². The number of hydrogen-bond acceptors (Lipinski definition) is 3. The van der Waals surface area contributed by atoms with Crippen LogP contribution >= 0.6 is 22.6 Å². The SMILES string of the molecule is N=CN(C(=N)c1ccc(I)cc1)C1CCCCO1. The van der Waals surface area contributed by atoms with Gasteiger partial charge in [0.25, 0.3) is 0 Å². The summed E-state index contributed by atoms with van der Waals surface area (Å²) in [4.78, 5) is 1.60. The third kappa shape index (κ3) is 3.08. The zero-order valence-corrected chi connectivity index (χ0v) is 12.2. The molecule has 0 amide bonds. The van der Waals surface area contributed by atoms with Crippen LogP contribution in [0.5, 0.6) is 0 Å². The molecule has 0 aliphatic carbocycles. The second-order valence-corrected chi connectivity index (χ2v) is 5.46. The summed E-state index contributed by atoms with van der Waals surface area (Å²) in [5.74, 6) is 0.327. The Bertz CT molecular complexity index is 426. The Morgan fingerprint density at radius 3 is 2.61 bits per heavy atom. The lowest BCUT2D eigenvalue weighted by atomic mass is 10.1. The van der Waals surface area contributed by atoms with Crippen LogP contribution in [0.3, 0.4) is 0 Å². The van der Waals surface area contributed by atoms with E-state index in [4.69, 9.17) is 15.6 Å². The standard InChI is InChI=1S/C13H16IN3O/c14-11-6-4-10(5-7-11)13(16)17(9-15)12-3-1-2-8-18-12/h4-7,9,12,15-16H,1-3,8H2. The highest BCUT2D eigenvalue weighted by atomic mass is 127. The van der Waals surface area contributed by atoms with E-state index >= 15 is 0 Å². The fourth-order valence-corrected chi connectivity index (χ4v) is 2.35. The Labute approximate surface area is 120 Å². The number of nitrogens with one attached hydrogen (secondary N) is 2. The topological polar surface area (TPSA) is 60.2 Å². The molecular formula is C13H16IN3O. The normalized spacial score (nSPS) is 19.3. The number of amidine groups is 1. The lowest BCUT2D eigenvalue weighted by molar-refractivity contribution is -0.0312. The van der Waals surface area contributed by atoms with Crippen LogP contribution in [0.2, 0.25) is 0 Å². The molecule has 1 aliphatic rings. The van der Waals surface area contributed by atoms with Gasteiger partial charge in [-0.2, -0.15) is 0 Å². The first-order chi connectivity index (χ1) is 8.72. The number of ether oxygens (including phenoxy) is 1. The summed E-state index contributed by atoms with van der Waals surface area (Å²) in [6.45, 7) is 0.717. The van der Waals surface area contributed by atoms with E-state index in [0.717, 1.165) is 35.0 Å². The lowest BCUT2D eigenvalue weighted by Crippen LogP contribution is -2.42. The highest BCUT2D eigenvalue weighted by Gasteiger charge is 2.23. The third-order valence-electron chi connectivity index (χ3n) is 2.98. The van der Waals surface area contributed by atoms with Crippen LogP contribution in [-0.4, -0.2) is 29.9 Å². The highest BCUT2D eigenvalue weighted by Crippen LogP contribution is 2.18. The maximum atomic E-state index is 8.19. The molecule has 5 heteroatoms. The van der Waals surface area contributed by atoms with Crippen molar-refractivity contribution in [1.82, 2.24) is 4.90 Å². The number of benzene rings is 1. The maximum absolute atomic E-state index is 8.19. The molecule has 0 radical (unpaired) electrons. The van der Waals surface area contributed by atoms with E-state index in [1.807, 2.05) is 24.3 Å². The van der Waals surface area contributed by atoms with Crippen molar-refractivity contribution in [1.29, 1.82) is 10.8 Å². The molecule has 2 N–H and O–H groups in total. The van der Waals surface area contributed by atoms with E-state index in [9.17, 15) is 0 Å². The number of nitrogens with zero attached hydrogens (tertiary/aromatic N) is 1. The summed E-state index contributed by atoms with van der Waals surface area (Å²) in [6, 6.07) is 7.75. The van der Waals surface area contributed by atoms with Crippen molar-refractivity contribution >= 4 is 34.8 Å². The molecule has 18 heavy (non-hydrogen) atoms. The molecule has 1 heterocycles. The largest absolute Gasteiger partial charge is 0.358 e. The van der Waals surface area contributed by atoms with E-state index in [1.165, 1.54) is 6.34 Å². The minimum Gasteiger partial charge on any atom is -0.358 e. The van der Waals surface area contributed by atoms with Crippen molar-refractivity contribution in [2.45, 2.75) is 25.5 Å². The van der Waals surface area contributed by atoms with Crippen molar-refractivity contribution in [3.8, 4) is 0 Å². The zero-order valence-electron chi connectivity index (χ0n) is 10.0. The van der Waals surface area contributed by atoms with Crippen molar-refractivity contribution in [2.75, 3.05) is 6.61 Å². The van der Waals surface area contributed by atoms with E-state index in [2.05, 4.69) is 22.6 Å². The van der Waals surface area contributed by atoms with Gasteiger partial charge in [0, 0.05) is 15.7 Å². The zero-order chi connectivity index (χ0) is 13.0. The minimum atomic E-state index is -0.164. The van der Waals surface area contributed by atoms with Gasteiger partial charge in [0.2, 0.25) is 0 Å². The van der Waals surface area contributed by atoms with Crippen LogP contribution < -0.4 is 0 Å². The van der Waals surface area contributed by atoms with E-state index < -0.39 is 0 Å². The Morgan fingerprint density at radius 1 is 1.33 bits per heavy atom. The predicted octanol–water partition coefficient (Wildman–Crippen LogP) is 3.05. The second-order valence-electron chi connectivity index (χ2n) is 4.21. The van der Waals surface area contributed by atoms with Crippen LogP contribution in [0.15, 0.2) is 24.3 Å². The van der Waals surface area contributed by atoms with Gasteiger partial charge in [0.1, 0.15) is 12.1 Å². The first-order valence-electron chi connectivity index (χ1n) is 5.97. The Hall–Kier alpha value is -0.950. The van der Waals surface area contributed by atoms with Gasteiger partial charge >= 0.3 is 0 Å². The predicted molar refractivity (Wildman–Crippen MR) is 80.2 cm³/mol. The highest BCUT2D eigenvalue weighted by molar-refractivity contribution is 14.1. The summed E-state index contributed by atoms with van der Waals surface area (Å²) in [7, 11) is 0. The monoisotopic (exact) mass is 357 g/mol. The quantitative estimate of drug-likeness (QED) is 0.496. The molecule has 96 valence electrons. The van der Waals surface area contributed by atoms with Crippen molar-refractivity contribution in [2.24, 2.45) is 0 Å². The first-order valence-corrected chi connectivity index (χ1v) is 7.05. The van der Waals surface area contributed by atoms with Crippen molar-refractivity contribution in [3.05, 3.63) is 33.4 Å². The average Bonchev–Trinajstić information content (AvgIpc) is 2.41. The molecule has 2 rings (SSSR count). The molecule has 1 atom stereocenters. The molecule has 1 aromatic carbocycles. The van der Waals surface area contributed by atoms with E-state index in [1.54, 1.807) is 4.90 Å². The summed E-state index contributed by atoms with van der Waals surface area (Å²) in [6.07, 6.45) is 4.06. The first kappa shape index (κ1) is 13.5.